The van der Waals surface area contributed by atoms with Crippen LogP contribution >= 0.6 is 0 Å². The van der Waals surface area contributed by atoms with Crippen molar-refractivity contribution >= 4 is 11.6 Å². The van der Waals surface area contributed by atoms with Crippen LogP contribution in [0.2, 0.25) is 0 Å². The van der Waals surface area contributed by atoms with Crippen LogP contribution in [0.4, 0.5) is 5.69 Å². The third kappa shape index (κ3) is 3.15. The fourth-order valence-electron chi connectivity index (χ4n) is 3.28. The van der Waals surface area contributed by atoms with E-state index in [0.717, 1.165) is 29.8 Å². The highest BCUT2D eigenvalue weighted by Crippen LogP contribution is 2.23. The maximum atomic E-state index is 12.0. The number of anilines is 1. The third-order valence-electron chi connectivity index (χ3n) is 4.74. The number of hydrogen-bond donors (Lipinski definition) is 2. The minimum Gasteiger partial charge on any atom is -0.363 e. The normalized spacial score (nSPS) is 13.6. The topological polar surface area (TPSA) is 95.2 Å². The van der Waals surface area contributed by atoms with E-state index in [4.69, 9.17) is 0 Å². The first-order chi connectivity index (χ1) is 12.6. The van der Waals surface area contributed by atoms with Crippen LogP contribution in [0.3, 0.4) is 0 Å². The molecule has 0 aliphatic carbocycles. The Morgan fingerprint density at radius 3 is 2.85 bits per heavy atom. The van der Waals surface area contributed by atoms with Crippen LogP contribution in [0.25, 0.3) is 0 Å². The molecule has 4 rings (SSSR count). The van der Waals surface area contributed by atoms with Gasteiger partial charge in [0.1, 0.15) is 0 Å². The molecular formula is C19H18N4O3. The predicted octanol–water partition coefficient (Wildman–Crippen LogP) is 0.427. The van der Waals surface area contributed by atoms with E-state index in [1.807, 2.05) is 11.0 Å². The highest BCUT2D eigenvalue weighted by molar-refractivity contribution is 5.78. The third-order valence-corrected chi connectivity index (χ3v) is 4.74. The Morgan fingerprint density at radius 2 is 2.12 bits per heavy atom. The van der Waals surface area contributed by atoms with Gasteiger partial charge in [0, 0.05) is 37.6 Å². The predicted molar refractivity (Wildman–Crippen MR) is 96.7 cm³/mol. The molecule has 0 unspecified atom stereocenters. The second-order valence-corrected chi connectivity index (χ2v) is 6.53. The van der Waals surface area contributed by atoms with Crippen molar-refractivity contribution in [3.05, 3.63) is 79.6 Å². The lowest BCUT2D eigenvalue weighted by molar-refractivity contribution is -0.120. The Balaban J connectivity index is 1.41. The minimum absolute atomic E-state index is 0.0719. The Morgan fingerprint density at radius 1 is 1.23 bits per heavy atom. The van der Waals surface area contributed by atoms with E-state index < -0.39 is 10.9 Å². The molecule has 0 bridgehead atoms. The van der Waals surface area contributed by atoms with E-state index in [0.29, 0.717) is 18.8 Å². The lowest BCUT2D eigenvalue weighted by Crippen LogP contribution is -2.41. The number of carbonyl (C=O) groups is 1. The second-order valence-electron chi connectivity index (χ2n) is 6.53. The van der Waals surface area contributed by atoms with Gasteiger partial charge in [0.15, 0.2) is 0 Å². The second kappa shape index (κ2) is 6.59. The Bertz CT molecular complexity index is 1020. The van der Waals surface area contributed by atoms with Crippen LogP contribution in [-0.4, -0.2) is 22.4 Å². The molecule has 3 aromatic rings. The maximum absolute atomic E-state index is 12.0. The molecule has 2 aromatic carbocycles. The molecule has 2 N–H and O–H groups in total. The van der Waals surface area contributed by atoms with Crippen LogP contribution in [-0.2, 0) is 30.7 Å². The van der Waals surface area contributed by atoms with Crippen LogP contribution in [0.5, 0.6) is 0 Å². The number of rotatable bonds is 5. The molecule has 0 atom stereocenters. The average molecular weight is 350 g/mol. The van der Waals surface area contributed by atoms with Gasteiger partial charge in [-0.25, -0.2) is 4.98 Å². The van der Waals surface area contributed by atoms with Gasteiger partial charge >= 0.3 is 0 Å². The molecule has 1 aliphatic heterocycles. The lowest BCUT2D eigenvalue weighted by Gasteiger charge is -2.31. The molecular weight excluding hydrogens is 332 g/mol. The largest absolute Gasteiger partial charge is 0.363 e. The number of benzene rings is 1. The zero-order chi connectivity index (χ0) is 18.1. The molecule has 0 fully saturated rings. The summed E-state index contributed by atoms with van der Waals surface area (Å²) in [6.45, 7) is 1.79. The van der Waals surface area contributed by atoms with E-state index in [9.17, 15) is 14.4 Å². The summed E-state index contributed by atoms with van der Waals surface area (Å²) in [6.07, 6.45) is 4.28. The van der Waals surface area contributed by atoms with E-state index in [-0.39, 0.29) is 12.3 Å². The summed E-state index contributed by atoms with van der Waals surface area (Å²) in [6, 6.07) is 7.56. The number of amides is 1. The fraction of sp³-hybridized carbons (Fsp3) is 0.263. The van der Waals surface area contributed by atoms with Crippen molar-refractivity contribution in [3.8, 4) is 0 Å². The van der Waals surface area contributed by atoms with Crippen LogP contribution in [0, 0.1) is 0 Å². The first kappa shape index (κ1) is 16.3. The molecule has 1 amide bonds. The van der Waals surface area contributed by atoms with Gasteiger partial charge in [-0.3, -0.25) is 14.4 Å². The number of aromatic amines is 1. The van der Waals surface area contributed by atoms with Crippen LogP contribution < -0.4 is 21.1 Å². The van der Waals surface area contributed by atoms with Crippen molar-refractivity contribution in [1.29, 1.82) is 0 Å². The number of aromatic nitrogens is 2. The van der Waals surface area contributed by atoms with Crippen LogP contribution in [0.15, 0.2) is 46.4 Å². The molecule has 132 valence electrons. The zero-order valence-corrected chi connectivity index (χ0v) is 14.1. The van der Waals surface area contributed by atoms with Crippen molar-refractivity contribution in [3.63, 3.8) is 0 Å². The summed E-state index contributed by atoms with van der Waals surface area (Å²) in [5.41, 5.74) is 3.86. The molecule has 7 heteroatoms. The fourth-order valence-corrected chi connectivity index (χ4v) is 3.28. The number of imidazole rings is 1. The summed E-state index contributed by atoms with van der Waals surface area (Å²) in [4.78, 5) is 43.5. The molecule has 1 aliphatic rings. The first-order valence-corrected chi connectivity index (χ1v) is 8.50. The summed E-state index contributed by atoms with van der Waals surface area (Å²) in [5.74, 6) is -0.0719. The smallest absolute Gasteiger partial charge is 0.249 e. The average Bonchev–Trinajstić information content (AvgIpc) is 3.16. The van der Waals surface area contributed by atoms with Gasteiger partial charge in [0.2, 0.25) is 16.8 Å². The van der Waals surface area contributed by atoms with Gasteiger partial charge in [-0.1, -0.05) is 18.2 Å². The highest BCUT2D eigenvalue weighted by Gasteiger charge is 2.22. The van der Waals surface area contributed by atoms with Gasteiger partial charge < -0.3 is 15.2 Å². The first-order valence-electron chi connectivity index (χ1n) is 8.50. The quantitative estimate of drug-likeness (QED) is 0.651. The molecule has 7 nitrogen and oxygen atoms in total. The van der Waals surface area contributed by atoms with Crippen molar-refractivity contribution in [2.24, 2.45) is 0 Å². The van der Waals surface area contributed by atoms with Crippen molar-refractivity contribution in [1.82, 2.24) is 15.3 Å². The molecule has 0 saturated carbocycles. The summed E-state index contributed by atoms with van der Waals surface area (Å²) >= 11 is 0. The number of nitrogens with zero attached hydrogens (tertiary/aromatic N) is 2. The number of nitrogens with one attached hydrogen (secondary N) is 2. The molecule has 2 heterocycles. The number of hydrogen-bond acceptors (Lipinski definition) is 5. The van der Waals surface area contributed by atoms with E-state index in [2.05, 4.69) is 27.4 Å². The molecule has 0 radical (unpaired) electrons. The Kier molecular flexibility index (Phi) is 4.12. The van der Waals surface area contributed by atoms with E-state index in [1.165, 1.54) is 11.6 Å². The Labute approximate surface area is 149 Å². The van der Waals surface area contributed by atoms with E-state index in [1.54, 1.807) is 12.5 Å². The van der Waals surface area contributed by atoms with Crippen molar-refractivity contribution < 1.29 is 4.79 Å². The summed E-state index contributed by atoms with van der Waals surface area (Å²) in [7, 11) is 0. The van der Waals surface area contributed by atoms with Gasteiger partial charge in [-0.05, 0) is 23.1 Å². The van der Waals surface area contributed by atoms with Gasteiger partial charge in [-0.2, -0.15) is 0 Å². The minimum atomic E-state index is -0.417. The van der Waals surface area contributed by atoms with Gasteiger partial charge in [0.05, 0.1) is 18.4 Å². The molecule has 0 spiro atoms. The molecule has 0 saturated heterocycles. The van der Waals surface area contributed by atoms with Crippen LogP contribution in [0.1, 0.15) is 22.4 Å². The summed E-state index contributed by atoms with van der Waals surface area (Å²) in [5, 5.41) is 2.90. The lowest BCUT2D eigenvalue weighted by atomic mass is 9.96. The van der Waals surface area contributed by atoms with E-state index >= 15 is 0 Å². The number of fused-ring (bicyclic) bond motifs is 1. The van der Waals surface area contributed by atoms with Gasteiger partial charge in [0.25, 0.3) is 0 Å². The highest BCUT2D eigenvalue weighted by atomic mass is 16.2. The Hall–Kier alpha value is -3.22. The number of H-pyrrole nitrogens is 1. The summed E-state index contributed by atoms with van der Waals surface area (Å²) < 4.78 is 0. The zero-order valence-electron chi connectivity index (χ0n) is 14.1. The SMILES string of the molecule is O=C(Cc1cnc[nH]1)NCc1ccc2c(c1)CN(c1cc(=O)c1=O)CC2. The standard InChI is InChI=1S/C19H18N4O3/c24-17-7-16(19(17)26)23-4-3-13-2-1-12(5-14(13)10-23)8-21-18(25)6-15-9-20-11-22-15/h1-2,5,7,9,11H,3-4,6,8,10H2,(H,20,22)(H,21,25). The van der Waals surface area contributed by atoms with Crippen molar-refractivity contribution in [2.75, 3.05) is 11.4 Å². The number of carbonyl (C=O) groups excluding carboxylic acids is 1. The maximum Gasteiger partial charge on any atom is 0.249 e. The molecule has 1 aromatic heterocycles. The monoisotopic (exact) mass is 350 g/mol. The molecule has 26 heavy (non-hydrogen) atoms. The van der Waals surface area contributed by atoms with Crippen molar-refractivity contribution in [2.45, 2.75) is 25.9 Å². The van der Waals surface area contributed by atoms with Gasteiger partial charge in [-0.15, -0.1) is 0 Å².